The maximum atomic E-state index is 15.2. The molecule has 1 aliphatic rings. The Morgan fingerprint density at radius 1 is 1.11 bits per heavy atom. The standard InChI is InChI=1S/C40H49FN8O4S2Si/c1-25-27-12-10-16-48(37(27)45-44-36(25)43-40-49(24-52-18-19-56(5,6)7)30-13-8-9-14-33(30)54-40)39-42-35(38(50)51)34(55-39)15-11-17-53-32-21-31-28(20-29(32)41)26(22-46(2)3)23-47(31)4/h8-9,13-14,20-21,23H,10-12,15-19,22,24H2,1-7H3,(H,50,51). The summed E-state index contributed by atoms with van der Waals surface area (Å²) in [5.41, 5.74) is 4.97. The summed E-state index contributed by atoms with van der Waals surface area (Å²) in [5.74, 6) is -0.109. The van der Waals surface area contributed by atoms with Crippen molar-refractivity contribution in [3.05, 3.63) is 80.5 Å². The molecule has 296 valence electrons. The van der Waals surface area contributed by atoms with Crippen LogP contribution in [0.4, 0.5) is 21.2 Å². The number of para-hydroxylation sites is 1. The molecule has 0 saturated heterocycles. The molecule has 2 aromatic carbocycles. The largest absolute Gasteiger partial charge is 0.490 e. The van der Waals surface area contributed by atoms with E-state index in [-0.39, 0.29) is 18.1 Å². The highest BCUT2D eigenvalue weighted by molar-refractivity contribution is 7.16. The van der Waals surface area contributed by atoms with Gasteiger partial charge in [-0.1, -0.05) is 43.1 Å². The Kier molecular flexibility index (Phi) is 11.7. The van der Waals surface area contributed by atoms with Gasteiger partial charge in [0, 0.05) is 68.5 Å². The molecule has 0 radical (unpaired) electrons. The summed E-state index contributed by atoms with van der Waals surface area (Å²) in [6, 6.07) is 12.6. The molecule has 5 heterocycles. The number of anilines is 2. The number of aryl methyl sites for hydroxylation is 2. The topological polar surface area (TPSA) is 123 Å². The van der Waals surface area contributed by atoms with Crippen molar-refractivity contribution < 1.29 is 23.8 Å². The predicted octanol–water partition coefficient (Wildman–Crippen LogP) is 8.29. The van der Waals surface area contributed by atoms with E-state index < -0.39 is 19.9 Å². The smallest absolute Gasteiger partial charge is 0.355 e. The van der Waals surface area contributed by atoms with Gasteiger partial charge in [0.25, 0.3) is 0 Å². The Morgan fingerprint density at radius 3 is 2.68 bits per heavy atom. The van der Waals surface area contributed by atoms with Gasteiger partial charge in [0.15, 0.2) is 38.8 Å². The number of ether oxygens (including phenoxy) is 2. The van der Waals surface area contributed by atoms with E-state index in [1.54, 1.807) is 17.4 Å². The number of hydrogen-bond acceptors (Lipinski definition) is 11. The number of rotatable bonds is 15. The van der Waals surface area contributed by atoms with Crippen LogP contribution >= 0.6 is 22.7 Å². The lowest BCUT2D eigenvalue weighted by Crippen LogP contribution is -2.27. The molecule has 0 bridgehead atoms. The van der Waals surface area contributed by atoms with Crippen molar-refractivity contribution in [1.29, 1.82) is 0 Å². The average Bonchev–Trinajstić information content (AvgIpc) is 3.82. The van der Waals surface area contributed by atoms with Crippen LogP contribution in [-0.2, 0) is 37.9 Å². The van der Waals surface area contributed by atoms with Crippen LogP contribution in [-0.4, -0.2) is 82.2 Å². The molecule has 0 atom stereocenters. The van der Waals surface area contributed by atoms with E-state index in [1.807, 2.05) is 60.8 Å². The Labute approximate surface area is 334 Å². The summed E-state index contributed by atoms with van der Waals surface area (Å²) in [4.78, 5) is 27.4. The fourth-order valence-electron chi connectivity index (χ4n) is 6.96. The maximum Gasteiger partial charge on any atom is 0.355 e. The van der Waals surface area contributed by atoms with E-state index in [4.69, 9.17) is 14.5 Å². The highest BCUT2D eigenvalue weighted by atomic mass is 32.1. The molecular formula is C40H49FN8O4S2Si. The monoisotopic (exact) mass is 816 g/mol. The third kappa shape index (κ3) is 8.59. The first-order valence-corrected chi connectivity index (χ1v) is 24.2. The van der Waals surface area contributed by atoms with Gasteiger partial charge in [0.1, 0.15) is 6.73 Å². The second-order valence-electron chi connectivity index (χ2n) is 15.8. The van der Waals surface area contributed by atoms with Crippen molar-refractivity contribution in [1.82, 2.24) is 29.2 Å². The van der Waals surface area contributed by atoms with Crippen LogP contribution in [0.25, 0.3) is 21.1 Å². The third-order valence-corrected chi connectivity index (χ3v) is 13.8. The van der Waals surface area contributed by atoms with Gasteiger partial charge in [-0.2, -0.15) is 4.99 Å². The number of halogens is 1. The van der Waals surface area contributed by atoms with E-state index in [2.05, 4.69) is 51.5 Å². The van der Waals surface area contributed by atoms with Crippen LogP contribution in [0.3, 0.4) is 0 Å². The number of carboxylic acids is 1. The molecule has 56 heavy (non-hydrogen) atoms. The molecule has 1 N–H and O–H groups in total. The lowest BCUT2D eigenvalue weighted by Gasteiger charge is -2.28. The third-order valence-electron chi connectivity index (χ3n) is 9.91. The average molecular weight is 817 g/mol. The molecule has 12 nitrogen and oxygen atoms in total. The first-order valence-electron chi connectivity index (χ1n) is 18.9. The second kappa shape index (κ2) is 16.5. The fourth-order valence-corrected chi connectivity index (χ4v) is 9.86. The van der Waals surface area contributed by atoms with Crippen molar-refractivity contribution in [2.45, 2.75) is 71.6 Å². The van der Waals surface area contributed by atoms with Crippen LogP contribution in [0.15, 0.2) is 47.6 Å². The molecule has 16 heteroatoms. The zero-order valence-electron chi connectivity index (χ0n) is 33.1. The van der Waals surface area contributed by atoms with Crippen molar-refractivity contribution in [3.63, 3.8) is 0 Å². The molecular weight excluding hydrogens is 768 g/mol. The molecule has 0 amide bonds. The van der Waals surface area contributed by atoms with Crippen LogP contribution in [0.5, 0.6) is 5.75 Å². The molecule has 6 aromatic rings. The molecule has 0 spiro atoms. The van der Waals surface area contributed by atoms with Gasteiger partial charge in [0.05, 0.1) is 22.3 Å². The van der Waals surface area contributed by atoms with Crippen molar-refractivity contribution in [2.75, 3.05) is 38.8 Å². The SMILES string of the molecule is Cc1c(N=c2sc3ccccc3n2COCC[Si](C)(C)C)nnc2c1CCCN2c1nc(C(=O)O)c(CCCOc2cc3c(cc2F)c(CN(C)C)cn3C)s1. The summed E-state index contributed by atoms with van der Waals surface area (Å²) >= 11 is 2.94. The number of carboxylic acid groups (broad SMARTS) is 1. The molecule has 4 aromatic heterocycles. The molecule has 0 fully saturated rings. The summed E-state index contributed by atoms with van der Waals surface area (Å²) in [6.45, 7) is 11.7. The van der Waals surface area contributed by atoms with Gasteiger partial charge >= 0.3 is 5.97 Å². The zero-order chi connectivity index (χ0) is 39.7. The van der Waals surface area contributed by atoms with Gasteiger partial charge in [-0.15, -0.1) is 21.5 Å². The predicted molar refractivity (Wildman–Crippen MR) is 224 cm³/mol. The molecule has 1 aliphatic heterocycles. The Bertz CT molecular complexity index is 2470. The van der Waals surface area contributed by atoms with E-state index >= 15 is 4.39 Å². The molecule has 0 unspecified atom stereocenters. The number of aromatic nitrogens is 5. The Hall–Kier alpha value is -4.48. The fraction of sp³-hybridized carbons (Fsp3) is 0.425. The highest BCUT2D eigenvalue weighted by Crippen LogP contribution is 2.39. The molecule has 0 aliphatic carbocycles. The number of benzene rings is 2. The van der Waals surface area contributed by atoms with Gasteiger partial charge in [-0.3, -0.25) is 4.57 Å². The van der Waals surface area contributed by atoms with E-state index in [1.165, 1.54) is 17.4 Å². The minimum Gasteiger partial charge on any atom is -0.490 e. The quantitative estimate of drug-likeness (QED) is 0.0806. The summed E-state index contributed by atoms with van der Waals surface area (Å²) in [7, 11) is 4.68. The van der Waals surface area contributed by atoms with Crippen molar-refractivity contribution in [3.8, 4) is 5.75 Å². The van der Waals surface area contributed by atoms with Crippen molar-refractivity contribution in [2.24, 2.45) is 12.0 Å². The van der Waals surface area contributed by atoms with E-state index in [9.17, 15) is 9.90 Å². The van der Waals surface area contributed by atoms with Crippen molar-refractivity contribution >= 4 is 74.6 Å². The summed E-state index contributed by atoms with van der Waals surface area (Å²) in [6.07, 6.45) is 4.55. The number of fused-ring (bicyclic) bond motifs is 3. The normalized spacial score (nSPS) is 13.7. The lowest BCUT2D eigenvalue weighted by molar-refractivity contribution is 0.0690. The second-order valence-corrected chi connectivity index (χ2v) is 23.5. The first kappa shape index (κ1) is 39.7. The number of carbonyl (C=O) groups is 1. The molecule has 7 rings (SSSR count). The van der Waals surface area contributed by atoms with Crippen LogP contribution in [0.1, 0.15) is 44.9 Å². The van der Waals surface area contributed by atoms with Gasteiger partial charge < -0.3 is 28.9 Å². The summed E-state index contributed by atoms with van der Waals surface area (Å²) in [5, 5.41) is 20.8. The Morgan fingerprint density at radius 2 is 1.91 bits per heavy atom. The van der Waals surface area contributed by atoms with Crippen LogP contribution in [0.2, 0.25) is 25.7 Å². The maximum absolute atomic E-state index is 15.2. The van der Waals surface area contributed by atoms with Crippen LogP contribution < -0.4 is 14.4 Å². The van der Waals surface area contributed by atoms with Gasteiger partial charge in [-0.05, 0) is 76.5 Å². The minimum atomic E-state index is -1.23. The number of nitrogens with zero attached hydrogens (tertiary/aromatic N) is 8. The minimum absolute atomic E-state index is 0.0136. The van der Waals surface area contributed by atoms with Crippen LogP contribution in [0, 0.1) is 12.7 Å². The number of aromatic carboxylic acids is 1. The van der Waals surface area contributed by atoms with E-state index in [0.29, 0.717) is 60.9 Å². The highest BCUT2D eigenvalue weighted by Gasteiger charge is 2.28. The lowest BCUT2D eigenvalue weighted by atomic mass is 10.0. The summed E-state index contributed by atoms with van der Waals surface area (Å²) < 4.78 is 32.4. The Balaban J connectivity index is 1.09. The molecule has 0 saturated carbocycles. The van der Waals surface area contributed by atoms with Gasteiger partial charge in [0.2, 0.25) is 0 Å². The van der Waals surface area contributed by atoms with E-state index in [0.717, 1.165) is 61.5 Å². The number of hydrogen-bond donors (Lipinski definition) is 1. The first-order chi connectivity index (χ1) is 26.8. The number of thiazole rings is 2. The van der Waals surface area contributed by atoms with Gasteiger partial charge in [-0.25, -0.2) is 14.2 Å². The zero-order valence-corrected chi connectivity index (χ0v) is 35.7.